The van der Waals surface area contributed by atoms with Crippen LogP contribution in [0.3, 0.4) is 0 Å². The van der Waals surface area contributed by atoms with Crippen molar-refractivity contribution in [1.29, 1.82) is 0 Å². The molecular weight excluding hydrogens is 332 g/mol. The Balaban J connectivity index is 1.65. The molecule has 3 heteroatoms. The van der Waals surface area contributed by atoms with E-state index in [1.807, 2.05) is 23.5 Å². The van der Waals surface area contributed by atoms with Gasteiger partial charge in [-0.25, -0.2) is 0 Å². The summed E-state index contributed by atoms with van der Waals surface area (Å²) >= 11 is 3.92. The summed E-state index contributed by atoms with van der Waals surface area (Å²) in [6.45, 7) is 5.21. The minimum atomic E-state index is 0.796. The molecule has 0 amide bonds. The summed E-state index contributed by atoms with van der Waals surface area (Å²) < 4.78 is 5.93. The summed E-state index contributed by atoms with van der Waals surface area (Å²) in [5.74, 6) is 4.42. The van der Waals surface area contributed by atoms with Crippen LogP contribution in [0.4, 0.5) is 0 Å². The van der Waals surface area contributed by atoms with Gasteiger partial charge < -0.3 is 4.74 Å². The maximum Gasteiger partial charge on any atom is 0.120 e. The number of rotatable bonds is 11. The third-order valence-electron chi connectivity index (χ3n) is 3.73. The number of hydrogen-bond acceptors (Lipinski definition) is 3. The Morgan fingerprint density at radius 3 is 2.58 bits per heavy atom. The van der Waals surface area contributed by atoms with E-state index in [1.165, 1.54) is 34.6 Å². The van der Waals surface area contributed by atoms with Gasteiger partial charge in [-0.3, -0.25) is 0 Å². The van der Waals surface area contributed by atoms with Gasteiger partial charge in [0.15, 0.2) is 0 Å². The molecule has 0 aliphatic heterocycles. The number of ether oxygens (including phenoxy) is 1. The van der Waals surface area contributed by atoms with E-state index in [1.54, 1.807) is 0 Å². The van der Waals surface area contributed by atoms with Gasteiger partial charge in [0.25, 0.3) is 0 Å². The highest BCUT2D eigenvalue weighted by Gasteiger charge is 2.02. The molecule has 2 rings (SSSR count). The van der Waals surface area contributed by atoms with Gasteiger partial charge in [0.05, 0.1) is 6.61 Å². The van der Waals surface area contributed by atoms with Crippen LogP contribution in [0.25, 0.3) is 0 Å². The highest BCUT2D eigenvalue weighted by atomic mass is 32.2. The number of thioether (sulfide) groups is 2. The first-order valence-electron chi connectivity index (χ1n) is 8.77. The lowest BCUT2D eigenvalue weighted by Crippen LogP contribution is -1.99. The molecule has 0 aliphatic carbocycles. The fourth-order valence-corrected chi connectivity index (χ4v) is 4.31. The van der Waals surface area contributed by atoms with Gasteiger partial charge >= 0.3 is 0 Å². The zero-order valence-electron chi connectivity index (χ0n) is 14.8. The second-order valence-electron chi connectivity index (χ2n) is 5.87. The third-order valence-corrected chi connectivity index (χ3v) is 6.09. The summed E-state index contributed by atoms with van der Waals surface area (Å²) in [6, 6.07) is 17.1. The summed E-state index contributed by atoms with van der Waals surface area (Å²) in [4.78, 5) is 1.36. The lowest BCUT2D eigenvalue weighted by Gasteiger charge is -2.10. The summed E-state index contributed by atoms with van der Waals surface area (Å²) in [5.41, 5.74) is 2.75. The van der Waals surface area contributed by atoms with Crippen LogP contribution in [-0.2, 0) is 5.75 Å². The highest BCUT2D eigenvalue weighted by molar-refractivity contribution is 7.99. The van der Waals surface area contributed by atoms with Crippen LogP contribution in [-0.4, -0.2) is 18.1 Å². The molecule has 130 valence electrons. The molecule has 1 nitrogen and oxygen atoms in total. The SMILES string of the molecule is CCCCSc1cc(OCCCSCc2ccccc2)ccc1C. The molecule has 0 saturated carbocycles. The lowest BCUT2D eigenvalue weighted by molar-refractivity contribution is 0.318. The molecule has 2 aromatic carbocycles. The molecule has 0 N–H and O–H groups in total. The number of hydrogen-bond donors (Lipinski definition) is 0. The number of benzene rings is 2. The molecule has 0 saturated heterocycles. The first-order valence-corrected chi connectivity index (χ1v) is 10.9. The molecule has 0 atom stereocenters. The minimum Gasteiger partial charge on any atom is -0.494 e. The van der Waals surface area contributed by atoms with Crippen molar-refractivity contribution in [2.75, 3.05) is 18.1 Å². The molecule has 24 heavy (non-hydrogen) atoms. The van der Waals surface area contributed by atoms with E-state index in [9.17, 15) is 0 Å². The fraction of sp³-hybridized carbons (Fsp3) is 0.429. The van der Waals surface area contributed by atoms with Crippen molar-refractivity contribution in [3.63, 3.8) is 0 Å². The predicted octanol–water partition coefficient (Wildman–Crippen LogP) is 6.59. The number of unbranched alkanes of at least 4 members (excludes halogenated alkanes) is 1. The molecule has 0 spiro atoms. The third kappa shape index (κ3) is 7.23. The highest BCUT2D eigenvalue weighted by Crippen LogP contribution is 2.27. The van der Waals surface area contributed by atoms with Gasteiger partial charge in [-0.2, -0.15) is 11.8 Å². The van der Waals surface area contributed by atoms with Crippen molar-refractivity contribution in [3.8, 4) is 5.75 Å². The van der Waals surface area contributed by atoms with Gasteiger partial charge in [0.2, 0.25) is 0 Å². The molecule has 0 bridgehead atoms. The molecule has 2 aromatic rings. The van der Waals surface area contributed by atoms with Crippen LogP contribution in [0.5, 0.6) is 5.75 Å². The second kappa shape index (κ2) is 11.5. The normalized spacial score (nSPS) is 10.8. The van der Waals surface area contributed by atoms with Gasteiger partial charge in [-0.05, 0) is 54.5 Å². The summed E-state index contributed by atoms with van der Waals surface area (Å²) in [5, 5.41) is 0. The van der Waals surface area contributed by atoms with E-state index in [4.69, 9.17) is 4.74 Å². The van der Waals surface area contributed by atoms with Crippen LogP contribution in [0, 0.1) is 6.92 Å². The monoisotopic (exact) mass is 360 g/mol. The zero-order chi connectivity index (χ0) is 17.0. The molecule has 0 aliphatic rings. The minimum absolute atomic E-state index is 0.796. The Labute approximate surface area is 155 Å². The van der Waals surface area contributed by atoms with Crippen LogP contribution in [0.15, 0.2) is 53.4 Å². The van der Waals surface area contributed by atoms with Crippen LogP contribution >= 0.6 is 23.5 Å². The first-order chi connectivity index (χ1) is 11.8. The number of aryl methyl sites for hydroxylation is 1. The van der Waals surface area contributed by atoms with E-state index in [0.29, 0.717) is 0 Å². The quantitative estimate of drug-likeness (QED) is 0.330. The smallest absolute Gasteiger partial charge is 0.120 e. The van der Waals surface area contributed by atoms with E-state index < -0.39 is 0 Å². The molecular formula is C21H28OS2. The average Bonchev–Trinajstić information content (AvgIpc) is 2.61. The van der Waals surface area contributed by atoms with Crippen molar-refractivity contribution in [2.24, 2.45) is 0 Å². The molecule has 0 heterocycles. The molecule has 0 unspecified atom stereocenters. The van der Waals surface area contributed by atoms with Crippen LogP contribution < -0.4 is 4.74 Å². The summed E-state index contributed by atoms with van der Waals surface area (Å²) in [7, 11) is 0. The Morgan fingerprint density at radius 1 is 0.958 bits per heavy atom. The summed E-state index contributed by atoms with van der Waals surface area (Å²) in [6.07, 6.45) is 3.61. The van der Waals surface area contributed by atoms with Gasteiger partial charge in [0, 0.05) is 10.6 Å². The van der Waals surface area contributed by atoms with E-state index in [0.717, 1.165) is 30.3 Å². The fourth-order valence-electron chi connectivity index (χ4n) is 2.27. The van der Waals surface area contributed by atoms with Crippen LogP contribution in [0.2, 0.25) is 0 Å². The average molecular weight is 361 g/mol. The lowest BCUT2D eigenvalue weighted by atomic mass is 10.2. The van der Waals surface area contributed by atoms with Gasteiger partial charge in [0.1, 0.15) is 5.75 Å². The Bertz CT molecular complexity index is 584. The Hall–Kier alpha value is -1.06. The maximum absolute atomic E-state index is 5.93. The van der Waals surface area contributed by atoms with Crippen LogP contribution in [0.1, 0.15) is 37.3 Å². The van der Waals surface area contributed by atoms with Crippen molar-refractivity contribution in [1.82, 2.24) is 0 Å². The molecule has 0 fully saturated rings. The predicted molar refractivity (Wildman–Crippen MR) is 110 cm³/mol. The van der Waals surface area contributed by atoms with Gasteiger partial charge in [-0.1, -0.05) is 49.7 Å². The first kappa shape index (κ1) is 19.3. The zero-order valence-corrected chi connectivity index (χ0v) is 16.4. The van der Waals surface area contributed by atoms with Crippen molar-refractivity contribution >= 4 is 23.5 Å². The topological polar surface area (TPSA) is 9.23 Å². The van der Waals surface area contributed by atoms with Gasteiger partial charge in [-0.15, -0.1) is 11.8 Å². The largest absolute Gasteiger partial charge is 0.494 e. The Kier molecular flexibility index (Phi) is 9.22. The maximum atomic E-state index is 5.93. The van der Waals surface area contributed by atoms with Crippen molar-refractivity contribution < 1.29 is 4.74 Å². The Morgan fingerprint density at radius 2 is 1.79 bits per heavy atom. The second-order valence-corrected chi connectivity index (χ2v) is 8.11. The molecule has 0 radical (unpaired) electrons. The van der Waals surface area contributed by atoms with Crippen molar-refractivity contribution in [2.45, 2.75) is 43.8 Å². The van der Waals surface area contributed by atoms with Crippen molar-refractivity contribution in [3.05, 3.63) is 59.7 Å². The van der Waals surface area contributed by atoms with E-state index in [2.05, 4.69) is 62.4 Å². The standard InChI is InChI=1S/C21H28OS2/c1-3-4-15-24-21-16-20(12-11-18(21)2)22-13-8-14-23-17-19-9-6-5-7-10-19/h5-7,9-12,16H,3-4,8,13-15,17H2,1-2H3. The van der Waals surface area contributed by atoms with E-state index in [-0.39, 0.29) is 0 Å². The molecule has 0 aromatic heterocycles. The van der Waals surface area contributed by atoms with E-state index >= 15 is 0 Å².